The number of hydrogen-bond donors (Lipinski definition) is 3. The molecule has 22 heavy (non-hydrogen) atoms. The van der Waals surface area contributed by atoms with Gasteiger partial charge in [-0.2, -0.15) is 0 Å². The van der Waals surface area contributed by atoms with Crippen LogP contribution < -0.4 is 16.2 Å². The van der Waals surface area contributed by atoms with Crippen LogP contribution in [0.15, 0.2) is 23.1 Å². The molecule has 8 heteroatoms. The Hall–Kier alpha value is -1.48. The minimum Gasteiger partial charge on any atom is -0.381 e. The summed E-state index contributed by atoms with van der Waals surface area (Å²) in [6.45, 7) is 2.70. The van der Waals surface area contributed by atoms with Crippen LogP contribution in [0.2, 0.25) is 0 Å². The summed E-state index contributed by atoms with van der Waals surface area (Å²) in [6, 6.07) is 4.66. The molecule has 1 heterocycles. The van der Waals surface area contributed by atoms with Gasteiger partial charge in [-0.25, -0.2) is 13.6 Å². The van der Waals surface area contributed by atoms with Gasteiger partial charge in [-0.05, 0) is 37.0 Å². The molecule has 0 saturated carbocycles. The van der Waals surface area contributed by atoms with E-state index in [2.05, 4.69) is 5.32 Å². The van der Waals surface area contributed by atoms with Crippen molar-refractivity contribution in [3.63, 3.8) is 0 Å². The summed E-state index contributed by atoms with van der Waals surface area (Å²) in [5.41, 5.74) is 6.07. The number of anilines is 1. The molecule has 0 bridgehead atoms. The molecule has 1 aromatic rings. The summed E-state index contributed by atoms with van der Waals surface area (Å²) in [5, 5.41) is 7.90. The molecule has 0 spiro atoms. The lowest BCUT2D eigenvalue weighted by atomic mass is 9.90. The molecule has 0 atom stereocenters. The van der Waals surface area contributed by atoms with Crippen LogP contribution in [0, 0.1) is 0 Å². The molecule has 5 N–H and O–H groups in total. The number of primary sulfonamides is 1. The number of amides is 1. The molecule has 1 aliphatic heterocycles. The van der Waals surface area contributed by atoms with Gasteiger partial charge in [0.25, 0.3) is 0 Å². The maximum atomic E-state index is 12.3. The molecule has 7 nitrogen and oxygen atoms in total. The zero-order valence-electron chi connectivity index (χ0n) is 12.5. The molecule has 0 unspecified atom stereocenters. The first kappa shape index (κ1) is 16.9. The molecular formula is C14H21N3O4S. The standard InChI is InChI=1S/C14H21N3O4S/c1-2-10-3-4-11(9-12(10)22(16,19)20)17-13(18)14(15)5-7-21-8-6-14/h3-4,9H,2,5-8,15H2,1H3,(H,17,18)(H2,16,19,20). The smallest absolute Gasteiger partial charge is 0.244 e. The number of rotatable bonds is 4. The van der Waals surface area contributed by atoms with Crippen LogP contribution in [0.3, 0.4) is 0 Å². The van der Waals surface area contributed by atoms with E-state index < -0.39 is 15.6 Å². The number of benzene rings is 1. The average Bonchev–Trinajstić information content (AvgIpc) is 2.47. The van der Waals surface area contributed by atoms with E-state index in [0.29, 0.717) is 43.7 Å². The van der Waals surface area contributed by atoms with Crippen molar-refractivity contribution in [2.45, 2.75) is 36.6 Å². The van der Waals surface area contributed by atoms with Gasteiger partial charge in [0.2, 0.25) is 15.9 Å². The summed E-state index contributed by atoms with van der Waals surface area (Å²) in [7, 11) is -3.85. The number of ether oxygens (including phenoxy) is 1. The topological polar surface area (TPSA) is 125 Å². The Labute approximate surface area is 130 Å². The van der Waals surface area contributed by atoms with Crippen LogP contribution in [0.1, 0.15) is 25.3 Å². The van der Waals surface area contributed by atoms with Crippen molar-refractivity contribution in [1.82, 2.24) is 0 Å². The average molecular weight is 327 g/mol. The number of nitrogens with two attached hydrogens (primary N) is 2. The molecule has 0 aliphatic carbocycles. The number of carbonyl (C=O) groups excluding carboxylic acids is 1. The van der Waals surface area contributed by atoms with E-state index in [1.165, 1.54) is 6.07 Å². The minimum atomic E-state index is -3.85. The van der Waals surface area contributed by atoms with Crippen molar-refractivity contribution in [1.29, 1.82) is 0 Å². The number of hydrogen-bond acceptors (Lipinski definition) is 5. The first-order chi connectivity index (χ1) is 10.3. The largest absolute Gasteiger partial charge is 0.381 e. The monoisotopic (exact) mass is 327 g/mol. The lowest BCUT2D eigenvalue weighted by molar-refractivity contribution is -0.124. The third kappa shape index (κ3) is 3.64. The van der Waals surface area contributed by atoms with E-state index in [9.17, 15) is 13.2 Å². The van der Waals surface area contributed by atoms with Crippen LogP contribution in [-0.4, -0.2) is 33.1 Å². The maximum Gasteiger partial charge on any atom is 0.244 e. The van der Waals surface area contributed by atoms with Crippen molar-refractivity contribution in [2.24, 2.45) is 10.9 Å². The quantitative estimate of drug-likeness (QED) is 0.735. The van der Waals surface area contributed by atoms with Gasteiger partial charge in [-0.1, -0.05) is 13.0 Å². The Morgan fingerprint density at radius 1 is 1.36 bits per heavy atom. The van der Waals surface area contributed by atoms with Gasteiger partial charge in [0.1, 0.15) is 5.54 Å². The second kappa shape index (κ2) is 6.33. The Bertz CT molecular complexity index is 667. The molecule has 1 aromatic carbocycles. The van der Waals surface area contributed by atoms with Crippen molar-refractivity contribution >= 4 is 21.6 Å². The first-order valence-electron chi connectivity index (χ1n) is 7.10. The van der Waals surface area contributed by atoms with Gasteiger partial charge in [0.05, 0.1) is 4.90 Å². The van der Waals surface area contributed by atoms with Crippen LogP contribution >= 0.6 is 0 Å². The predicted molar refractivity (Wildman–Crippen MR) is 82.8 cm³/mol. The van der Waals surface area contributed by atoms with E-state index in [1.807, 2.05) is 6.92 Å². The summed E-state index contributed by atoms with van der Waals surface area (Å²) in [4.78, 5) is 12.4. The predicted octanol–water partition coefficient (Wildman–Crippen LogP) is 0.343. The van der Waals surface area contributed by atoms with E-state index in [4.69, 9.17) is 15.6 Å². The molecule has 0 radical (unpaired) electrons. The SMILES string of the molecule is CCc1ccc(NC(=O)C2(N)CCOCC2)cc1S(N)(=O)=O. The Morgan fingerprint density at radius 2 is 2.00 bits per heavy atom. The number of carbonyl (C=O) groups is 1. The number of sulfonamides is 1. The fraction of sp³-hybridized carbons (Fsp3) is 0.500. The van der Waals surface area contributed by atoms with Gasteiger partial charge in [0.15, 0.2) is 0 Å². The Morgan fingerprint density at radius 3 is 2.55 bits per heavy atom. The molecule has 1 saturated heterocycles. The highest BCUT2D eigenvalue weighted by Crippen LogP contribution is 2.23. The second-order valence-electron chi connectivity index (χ2n) is 5.44. The molecular weight excluding hydrogens is 306 g/mol. The second-order valence-corrected chi connectivity index (χ2v) is 6.97. The van der Waals surface area contributed by atoms with Crippen LogP contribution in [0.4, 0.5) is 5.69 Å². The highest BCUT2D eigenvalue weighted by molar-refractivity contribution is 7.89. The summed E-state index contributed by atoms with van der Waals surface area (Å²) in [5.74, 6) is -0.347. The maximum absolute atomic E-state index is 12.3. The number of aryl methyl sites for hydroxylation is 1. The summed E-state index contributed by atoms with van der Waals surface area (Å²) in [6.07, 6.45) is 1.37. The molecule has 1 fully saturated rings. The van der Waals surface area contributed by atoms with Crippen molar-refractivity contribution in [3.05, 3.63) is 23.8 Å². The minimum absolute atomic E-state index is 0.0193. The van der Waals surface area contributed by atoms with Crippen LogP contribution in [0.5, 0.6) is 0 Å². The lowest BCUT2D eigenvalue weighted by Crippen LogP contribution is -2.54. The highest BCUT2D eigenvalue weighted by Gasteiger charge is 2.36. The van der Waals surface area contributed by atoms with E-state index >= 15 is 0 Å². The zero-order chi connectivity index (χ0) is 16.4. The lowest BCUT2D eigenvalue weighted by Gasteiger charge is -2.31. The molecule has 1 amide bonds. The van der Waals surface area contributed by atoms with Crippen LogP contribution in [0.25, 0.3) is 0 Å². The van der Waals surface area contributed by atoms with Gasteiger partial charge in [0, 0.05) is 18.9 Å². The van der Waals surface area contributed by atoms with Gasteiger partial charge in [-0.3, -0.25) is 4.79 Å². The van der Waals surface area contributed by atoms with Gasteiger partial charge >= 0.3 is 0 Å². The highest BCUT2D eigenvalue weighted by atomic mass is 32.2. The molecule has 2 rings (SSSR count). The molecule has 122 valence electrons. The third-order valence-corrected chi connectivity index (χ3v) is 4.84. The van der Waals surface area contributed by atoms with Crippen molar-refractivity contribution in [3.8, 4) is 0 Å². The van der Waals surface area contributed by atoms with Crippen LogP contribution in [-0.2, 0) is 26.0 Å². The Kier molecular flexibility index (Phi) is 4.86. The fourth-order valence-corrected chi connectivity index (χ4v) is 3.28. The summed E-state index contributed by atoms with van der Waals surface area (Å²) < 4.78 is 28.5. The third-order valence-electron chi connectivity index (χ3n) is 3.85. The summed E-state index contributed by atoms with van der Waals surface area (Å²) >= 11 is 0. The van der Waals surface area contributed by atoms with Crippen molar-refractivity contribution in [2.75, 3.05) is 18.5 Å². The van der Waals surface area contributed by atoms with E-state index in [1.54, 1.807) is 12.1 Å². The zero-order valence-corrected chi connectivity index (χ0v) is 13.3. The normalized spacial score (nSPS) is 18.0. The Balaban J connectivity index is 2.25. The van der Waals surface area contributed by atoms with Gasteiger partial charge in [-0.15, -0.1) is 0 Å². The fourth-order valence-electron chi connectivity index (χ4n) is 2.41. The van der Waals surface area contributed by atoms with E-state index in [-0.39, 0.29) is 10.8 Å². The molecule has 0 aromatic heterocycles. The first-order valence-corrected chi connectivity index (χ1v) is 8.65. The van der Waals surface area contributed by atoms with E-state index in [0.717, 1.165) is 0 Å². The van der Waals surface area contributed by atoms with Crippen molar-refractivity contribution < 1.29 is 17.9 Å². The molecule has 1 aliphatic rings. The van der Waals surface area contributed by atoms with Gasteiger partial charge < -0.3 is 15.8 Å². The number of nitrogens with one attached hydrogen (secondary N) is 1.